The molecule has 2 aromatic rings. The molecule has 0 unspecified atom stereocenters. The highest BCUT2D eigenvalue weighted by atomic mass is 16.1. The third-order valence-corrected chi connectivity index (χ3v) is 5.96. The third-order valence-electron chi connectivity index (χ3n) is 5.96. The lowest BCUT2D eigenvalue weighted by Gasteiger charge is -2.34. The molecule has 0 aromatic heterocycles. The lowest BCUT2D eigenvalue weighted by atomic mass is 9.69. The fourth-order valence-corrected chi connectivity index (χ4v) is 4.37. The van der Waals surface area contributed by atoms with Gasteiger partial charge in [-0.3, -0.25) is 0 Å². The molecular formula is C30H42O. The highest BCUT2D eigenvalue weighted by Gasteiger charge is 2.33. The predicted molar refractivity (Wildman–Crippen MR) is 136 cm³/mol. The van der Waals surface area contributed by atoms with Crippen molar-refractivity contribution in [2.45, 2.75) is 105 Å². The lowest BCUT2D eigenvalue weighted by molar-refractivity contribution is 0.558. The number of hydrogen-bond donors (Lipinski definition) is 0. The van der Waals surface area contributed by atoms with Crippen LogP contribution in [0.1, 0.15) is 116 Å². The van der Waals surface area contributed by atoms with Gasteiger partial charge in [0.05, 0.1) is 5.57 Å². The summed E-state index contributed by atoms with van der Waals surface area (Å²) >= 11 is 0. The van der Waals surface area contributed by atoms with Gasteiger partial charge in [-0.25, -0.2) is 4.79 Å². The van der Waals surface area contributed by atoms with Crippen LogP contribution in [0.2, 0.25) is 0 Å². The quantitative estimate of drug-likeness (QED) is 0.450. The molecule has 2 aromatic carbocycles. The smallest absolute Gasteiger partial charge is 0.133 e. The third kappa shape index (κ3) is 5.21. The van der Waals surface area contributed by atoms with E-state index in [-0.39, 0.29) is 21.7 Å². The zero-order valence-electron chi connectivity index (χ0n) is 21.9. The van der Waals surface area contributed by atoms with Crippen molar-refractivity contribution in [3.05, 3.63) is 69.8 Å². The maximum atomic E-state index is 12.9. The SMILES string of the molecule is CC(C)(C)c1cccc(C(C)(C)C)c1C(=C=O)c1c(C(C)(C)C)cccc1C(C)(C)C. The minimum atomic E-state index is -0.0999. The van der Waals surface area contributed by atoms with Crippen LogP contribution in [0.15, 0.2) is 36.4 Å². The maximum Gasteiger partial charge on any atom is 0.133 e. The summed E-state index contributed by atoms with van der Waals surface area (Å²) in [6, 6.07) is 13.0. The maximum absolute atomic E-state index is 12.9. The predicted octanol–water partition coefficient (Wildman–Crippen LogP) is 8.14. The largest absolute Gasteiger partial charge is 0.233 e. The minimum absolute atomic E-state index is 0.0999. The molecule has 0 saturated carbocycles. The van der Waals surface area contributed by atoms with Gasteiger partial charge in [0.15, 0.2) is 0 Å². The van der Waals surface area contributed by atoms with E-state index in [0.29, 0.717) is 5.57 Å². The average molecular weight is 419 g/mol. The van der Waals surface area contributed by atoms with Crippen LogP contribution in [0.25, 0.3) is 5.57 Å². The van der Waals surface area contributed by atoms with E-state index in [4.69, 9.17) is 0 Å². The van der Waals surface area contributed by atoms with Crippen LogP contribution in [0.5, 0.6) is 0 Å². The minimum Gasteiger partial charge on any atom is -0.233 e. The zero-order valence-corrected chi connectivity index (χ0v) is 21.9. The second-order valence-electron chi connectivity index (χ2n) is 12.9. The fourth-order valence-electron chi connectivity index (χ4n) is 4.37. The summed E-state index contributed by atoms with van der Waals surface area (Å²) in [4.78, 5) is 12.9. The molecule has 31 heavy (non-hydrogen) atoms. The molecule has 0 radical (unpaired) electrons. The first-order valence-electron chi connectivity index (χ1n) is 11.4. The van der Waals surface area contributed by atoms with Crippen LogP contribution in [-0.2, 0) is 26.5 Å². The van der Waals surface area contributed by atoms with E-state index in [1.54, 1.807) is 0 Å². The molecule has 0 fully saturated rings. The Bertz CT molecular complexity index is 860. The van der Waals surface area contributed by atoms with E-state index < -0.39 is 0 Å². The molecule has 168 valence electrons. The first-order valence-corrected chi connectivity index (χ1v) is 11.4. The molecule has 0 aliphatic carbocycles. The summed E-state index contributed by atoms with van der Waals surface area (Å²) in [5, 5.41) is 0. The second-order valence-corrected chi connectivity index (χ2v) is 12.9. The van der Waals surface area contributed by atoms with Gasteiger partial charge in [-0.1, -0.05) is 119 Å². The van der Waals surface area contributed by atoms with E-state index in [2.05, 4.69) is 125 Å². The number of hydrogen-bond acceptors (Lipinski definition) is 1. The molecule has 0 amide bonds. The summed E-state index contributed by atoms with van der Waals surface area (Å²) in [6.07, 6.45) is 0. The Morgan fingerprint density at radius 2 is 0.742 bits per heavy atom. The van der Waals surface area contributed by atoms with Crippen LogP contribution in [0, 0.1) is 0 Å². The van der Waals surface area contributed by atoms with Gasteiger partial charge < -0.3 is 0 Å². The van der Waals surface area contributed by atoms with Crippen molar-refractivity contribution in [3.8, 4) is 0 Å². The summed E-state index contributed by atoms with van der Waals surface area (Å²) < 4.78 is 0. The van der Waals surface area contributed by atoms with Crippen LogP contribution < -0.4 is 0 Å². The standard InChI is InChI=1S/C30H42O/c1-27(2,3)21-15-13-16-22(28(4,5)6)25(21)20(19-31)26-23(29(7,8)9)17-14-18-24(26)30(10,11)12/h13-18H,1-12H3. The molecule has 1 heteroatoms. The highest BCUT2D eigenvalue weighted by Crippen LogP contribution is 2.44. The van der Waals surface area contributed by atoms with Gasteiger partial charge in [-0.05, 0) is 43.9 Å². The van der Waals surface area contributed by atoms with Gasteiger partial charge in [0, 0.05) is 11.1 Å². The van der Waals surface area contributed by atoms with Gasteiger partial charge in [-0.2, -0.15) is 0 Å². The van der Waals surface area contributed by atoms with Crippen molar-refractivity contribution in [2.24, 2.45) is 0 Å². The second kappa shape index (κ2) is 8.10. The Morgan fingerprint density at radius 3 is 0.903 bits per heavy atom. The van der Waals surface area contributed by atoms with Gasteiger partial charge in [0.1, 0.15) is 5.94 Å². The van der Waals surface area contributed by atoms with E-state index in [0.717, 1.165) is 11.1 Å². The van der Waals surface area contributed by atoms with E-state index >= 15 is 0 Å². The molecule has 0 saturated heterocycles. The zero-order chi connectivity index (χ0) is 24.0. The lowest BCUT2D eigenvalue weighted by Crippen LogP contribution is -2.24. The van der Waals surface area contributed by atoms with Crippen LogP contribution in [0.4, 0.5) is 0 Å². The van der Waals surface area contributed by atoms with E-state index in [1.165, 1.54) is 22.3 Å². The van der Waals surface area contributed by atoms with Crippen LogP contribution >= 0.6 is 0 Å². The van der Waals surface area contributed by atoms with Crippen LogP contribution in [0.3, 0.4) is 0 Å². The molecule has 1 nitrogen and oxygen atoms in total. The van der Waals surface area contributed by atoms with Crippen molar-refractivity contribution in [1.82, 2.24) is 0 Å². The Kier molecular flexibility index (Phi) is 6.57. The van der Waals surface area contributed by atoms with Crippen molar-refractivity contribution in [1.29, 1.82) is 0 Å². The van der Waals surface area contributed by atoms with Crippen molar-refractivity contribution < 1.29 is 4.79 Å². The van der Waals surface area contributed by atoms with Gasteiger partial charge in [0.25, 0.3) is 0 Å². The van der Waals surface area contributed by atoms with E-state index in [9.17, 15) is 4.79 Å². The van der Waals surface area contributed by atoms with Gasteiger partial charge in [-0.15, -0.1) is 0 Å². The molecule has 2 rings (SSSR count). The summed E-state index contributed by atoms with van der Waals surface area (Å²) in [6.45, 7) is 26.7. The molecule has 0 bridgehead atoms. The van der Waals surface area contributed by atoms with Crippen LogP contribution in [-0.4, -0.2) is 5.94 Å². The first kappa shape index (κ1) is 25.2. The van der Waals surface area contributed by atoms with Crippen molar-refractivity contribution in [3.63, 3.8) is 0 Å². The Labute approximate surface area is 191 Å². The molecule has 0 heterocycles. The van der Waals surface area contributed by atoms with Gasteiger partial charge >= 0.3 is 0 Å². The molecular weight excluding hydrogens is 376 g/mol. The summed E-state index contributed by atoms with van der Waals surface area (Å²) in [5.41, 5.74) is 7.20. The number of rotatable bonds is 2. The Balaban J connectivity index is 3.13. The Morgan fingerprint density at radius 1 is 0.516 bits per heavy atom. The highest BCUT2D eigenvalue weighted by molar-refractivity contribution is 6.01. The first-order chi connectivity index (χ1) is 13.9. The monoisotopic (exact) mass is 418 g/mol. The topological polar surface area (TPSA) is 17.1 Å². The number of benzene rings is 2. The number of carbonyl (C=O) groups excluding carboxylic acids is 1. The normalized spacial score (nSPS) is 13.2. The molecule has 0 spiro atoms. The fraction of sp³-hybridized carbons (Fsp3) is 0.533. The molecule has 0 atom stereocenters. The van der Waals surface area contributed by atoms with E-state index in [1.807, 2.05) is 0 Å². The molecule has 0 aliphatic heterocycles. The van der Waals surface area contributed by atoms with Crippen molar-refractivity contribution >= 4 is 11.5 Å². The Hall–Kier alpha value is -2.11. The summed E-state index contributed by atoms with van der Waals surface area (Å²) in [5.74, 6) is 2.45. The summed E-state index contributed by atoms with van der Waals surface area (Å²) in [7, 11) is 0. The van der Waals surface area contributed by atoms with Gasteiger partial charge in [0.2, 0.25) is 0 Å². The molecule has 0 N–H and O–H groups in total. The molecule has 0 aliphatic rings. The van der Waals surface area contributed by atoms with Crippen molar-refractivity contribution in [2.75, 3.05) is 0 Å². The average Bonchev–Trinajstić information content (AvgIpc) is 2.59.